The Morgan fingerprint density at radius 1 is 0.299 bits per heavy atom. The number of fused-ring (bicyclic) bond motifs is 12. The maximum Gasteiger partial charge on any atom is 0.0719 e. The van der Waals surface area contributed by atoms with E-state index in [1.54, 1.807) is 0 Å². The Morgan fingerprint density at radius 2 is 0.731 bits per heavy atom. The molecule has 0 saturated carbocycles. The highest BCUT2D eigenvalue weighted by atomic mass is 15.1. The summed E-state index contributed by atoms with van der Waals surface area (Å²) in [5.41, 5.74) is 26.2. The number of aryl methyl sites for hydroxylation is 2. The minimum absolute atomic E-state index is 0.164. The van der Waals surface area contributed by atoms with Crippen molar-refractivity contribution >= 4 is 17.1 Å². The zero-order chi connectivity index (χ0) is 44.7. The van der Waals surface area contributed by atoms with Crippen LogP contribution in [0.3, 0.4) is 0 Å². The van der Waals surface area contributed by atoms with Crippen LogP contribution in [-0.4, -0.2) is 0 Å². The zero-order valence-electron chi connectivity index (χ0n) is 37.9. The third-order valence-electron chi connectivity index (χ3n) is 15.3. The highest BCUT2D eigenvalue weighted by molar-refractivity contribution is 5.95. The Balaban J connectivity index is 1.07. The minimum Gasteiger partial charge on any atom is -0.310 e. The molecular weight excluding hydrogens is 807 g/mol. The third-order valence-corrected chi connectivity index (χ3v) is 15.3. The monoisotopic (exact) mass is 855 g/mol. The smallest absolute Gasteiger partial charge is 0.0719 e. The van der Waals surface area contributed by atoms with E-state index in [9.17, 15) is 0 Å². The quantitative estimate of drug-likeness (QED) is 0.161. The SMILES string of the molecule is CC1(C)c2ccccc2-c2ccc(N(c3ccc4c(c3)C3(c5ccccc5CCc5ccccc53)c3ccccc3-4)c3ccc(-c4ccc(-c5ccccc5)cc4)cc3-c3ccccc3)cc21. The summed E-state index contributed by atoms with van der Waals surface area (Å²) >= 11 is 0. The molecule has 0 bridgehead atoms. The molecule has 0 aliphatic heterocycles. The van der Waals surface area contributed by atoms with Gasteiger partial charge in [0.1, 0.15) is 0 Å². The topological polar surface area (TPSA) is 3.24 Å². The normalized spacial score (nSPS) is 14.2. The van der Waals surface area contributed by atoms with Gasteiger partial charge in [0.2, 0.25) is 0 Å². The molecule has 0 N–H and O–H groups in total. The van der Waals surface area contributed by atoms with Gasteiger partial charge in [-0.1, -0.05) is 214 Å². The van der Waals surface area contributed by atoms with Crippen molar-refractivity contribution in [2.45, 2.75) is 37.5 Å². The van der Waals surface area contributed by atoms with Gasteiger partial charge in [0.15, 0.2) is 0 Å². The molecule has 13 rings (SSSR count). The lowest BCUT2D eigenvalue weighted by atomic mass is 9.66. The number of rotatable bonds is 6. The van der Waals surface area contributed by atoms with E-state index in [1.165, 1.54) is 100 Å². The lowest BCUT2D eigenvalue weighted by Gasteiger charge is -2.36. The summed E-state index contributed by atoms with van der Waals surface area (Å²) in [4.78, 5) is 2.55. The molecule has 0 fully saturated rings. The maximum absolute atomic E-state index is 2.55. The third kappa shape index (κ3) is 6.01. The number of benzene rings is 10. The molecule has 0 heterocycles. The van der Waals surface area contributed by atoms with Crippen molar-refractivity contribution in [2.75, 3.05) is 4.90 Å². The van der Waals surface area contributed by atoms with Crippen LogP contribution < -0.4 is 4.90 Å². The van der Waals surface area contributed by atoms with Crippen molar-refractivity contribution in [3.63, 3.8) is 0 Å². The standard InChI is InChI=1S/C66H49N/c1-65(2)60-27-15-11-23-53(60)55-38-36-51(42-62(55)65)67(64-40-35-50(41-57(64)47-19-7-4-8-20-47)46-31-29-45(30-32-46)44-17-5-3-6-18-44)52-37-39-56-54-24-12-16-28-61(54)66(63(56)43-52)58-25-13-9-21-48(58)33-34-49-22-10-14-26-59(49)66/h3-32,35-43H,33-34H2,1-2H3. The first-order chi connectivity index (χ1) is 33.0. The highest BCUT2D eigenvalue weighted by Gasteiger charge is 2.49. The molecule has 10 aromatic carbocycles. The van der Waals surface area contributed by atoms with Crippen molar-refractivity contribution < 1.29 is 0 Å². The second-order valence-corrected chi connectivity index (χ2v) is 19.1. The first-order valence-corrected chi connectivity index (χ1v) is 23.8. The summed E-state index contributed by atoms with van der Waals surface area (Å²) in [7, 11) is 0. The summed E-state index contributed by atoms with van der Waals surface area (Å²) in [6, 6.07) is 88.9. The Labute approximate surface area is 394 Å². The molecule has 0 radical (unpaired) electrons. The Kier molecular flexibility index (Phi) is 8.99. The number of hydrogen-bond donors (Lipinski definition) is 0. The fourth-order valence-electron chi connectivity index (χ4n) is 12.1. The van der Waals surface area contributed by atoms with Crippen LogP contribution in [0.4, 0.5) is 17.1 Å². The number of nitrogens with zero attached hydrogens (tertiary/aromatic N) is 1. The Morgan fingerprint density at radius 3 is 1.36 bits per heavy atom. The number of hydrogen-bond acceptors (Lipinski definition) is 1. The number of anilines is 3. The first-order valence-electron chi connectivity index (χ1n) is 23.8. The summed E-state index contributed by atoms with van der Waals surface area (Å²) in [6.45, 7) is 4.77. The molecule has 3 aliphatic rings. The molecule has 67 heavy (non-hydrogen) atoms. The second-order valence-electron chi connectivity index (χ2n) is 19.1. The van der Waals surface area contributed by atoms with E-state index in [2.05, 4.69) is 255 Å². The molecule has 10 aromatic rings. The van der Waals surface area contributed by atoms with Gasteiger partial charge >= 0.3 is 0 Å². The van der Waals surface area contributed by atoms with Crippen LogP contribution >= 0.6 is 0 Å². The maximum atomic E-state index is 2.55. The zero-order valence-corrected chi connectivity index (χ0v) is 37.9. The van der Waals surface area contributed by atoms with E-state index >= 15 is 0 Å². The van der Waals surface area contributed by atoms with Gasteiger partial charge < -0.3 is 4.90 Å². The van der Waals surface area contributed by atoms with Crippen molar-refractivity contribution in [1.29, 1.82) is 0 Å². The van der Waals surface area contributed by atoms with Gasteiger partial charge in [0.05, 0.1) is 11.1 Å². The van der Waals surface area contributed by atoms with Gasteiger partial charge in [0.25, 0.3) is 0 Å². The minimum atomic E-state index is -0.489. The highest BCUT2D eigenvalue weighted by Crippen LogP contribution is 2.60. The molecule has 0 aromatic heterocycles. The molecule has 0 amide bonds. The molecular formula is C66H49N. The van der Waals surface area contributed by atoms with Gasteiger partial charge in [-0.3, -0.25) is 0 Å². The van der Waals surface area contributed by atoms with Crippen LogP contribution in [0, 0.1) is 0 Å². The fourth-order valence-corrected chi connectivity index (χ4v) is 12.1. The predicted molar refractivity (Wildman–Crippen MR) is 280 cm³/mol. The van der Waals surface area contributed by atoms with Crippen LogP contribution in [0.25, 0.3) is 55.6 Å². The molecule has 318 valence electrons. The van der Waals surface area contributed by atoms with Crippen LogP contribution in [0.2, 0.25) is 0 Å². The fraction of sp³-hybridized carbons (Fsp3) is 0.0909. The molecule has 0 saturated heterocycles. The van der Waals surface area contributed by atoms with Gasteiger partial charge in [-0.05, 0) is 144 Å². The van der Waals surface area contributed by atoms with Gasteiger partial charge in [-0.15, -0.1) is 0 Å². The van der Waals surface area contributed by atoms with E-state index < -0.39 is 5.41 Å². The van der Waals surface area contributed by atoms with Crippen LogP contribution in [-0.2, 0) is 23.7 Å². The molecule has 0 unspecified atom stereocenters. The van der Waals surface area contributed by atoms with Gasteiger partial charge in [-0.2, -0.15) is 0 Å². The summed E-state index contributed by atoms with van der Waals surface area (Å²) in [5.74, 6) is 0. The average Bonchev–Trinajstić information content (AvgIpc) is 3.74. The lowest BCUT2D eigenvalue weighted by molar-refractivity contribution is 0.660. The molecule has 1 nitrogen and oxygen atoms in total. The molecule has 3 aliphatic carbocycles. The summed E-state index contributed by atoms with van der Waals surface area (Å²) in [5, 5.41) is 0. The average molecular weight is 856 g/mol. The van der Waals surface area contributed by atoms with E-state index in [-0.39, 0.29) is 5.41 Å². The van der Waals surface area contributed by atoms with E-state index in [0.29, 0.717) is 0 Å². The predicted octanol–water partition coefficient (Wildman–Crippen LogP) is 16.9. The Hall–Kier alpha value is -8.00. The van der Waals surface area contributed by atoms with Crippen LogP contribution in [0.15, 0.2) is 237 Å². The van der Waals surface area contributed by atoms with E-state index in [4.69, 9.17) is 0 Å². The van der Waals surface area contributed by atoms with Crippen molar-refractivity contribution in [2.24, 2.45) is 0 Å². The summed E-state index contributed by atoms with van der Waals surface area (Å²) < 4.78 is 0. The van der Waals surface area contributed by atoms with E-state index in [0.717, 1.165) is 29.9 Å². The summed E-state index contributed by atoms with van der Waals surface area (Å²) in [6.07, 6.45) is 2.01. The largest absolute Gasteiger partial charge is 0.310 e. The van der Waals surface area contributed by atoms with Crippen molar-refractivity contribution in [3.8, 4) is 55.6 Å². The van der Waals surface area contributed by atoms with Gasteiger partial charge in [0, 0.05) is 22.4 Å². The van der Waals surface area contributed by atoms with E-state index in [1.807, 2.05) is 0 Å². The lowest BCUT2D eigenvalue weighted by Crippen LogP contribution is -2.30. The molecule has 1 heteroatoms. The Bertz CT molecular complexity index is 3490. The van der Waals surface area contributed by atoms with Crippen molar-refractivity contribution in [3.05, 3.63) is 281 Å². The second kappa shape index (κ2) is 15.3. The van der Waals surface area contributed by atoms with Crippen LogP contribution in [0.1, 0.15) is 58.4 Å². The molecule has 0 atom stereocenters. The molecule has 1 spiro atoms. The van der Waals surface area contributed by atoms with Gasteiger partial charge in [-0.25, -0.2) is 0 Å². The van der Waals surface area contributed by atoms with Crippen LogP contribution in [0.5, 0.6) is 0 Å². The first kappa shape index (κ1) is 39.4. The van der Waals surface area contributed by atoms with Crippen molar-refractivity contribution in [1.82, 2.24) is 0 Å².